The molecule has 174 valence electrons. The van der Waals surface area contributed by atoms with Crippen molar-refractivity contribution in [3.8, 4) is 0 Å². The summed E-state index contributed by atoms with van der Waals surface area (Å²) in [6.45, 7) is 0.0121. The van der Waals surface area contributed by atoms with Crippen molar-refractivity contribution in [3.05, 3.63) is 29.7 Å². The van der Waals surface area contributed by atoms with Crippen molar-refractivity contribution >= 4 is 29.5 Å². The number of carbonyl (C=O) groups excluding carboxylic acids is 3. The Kier molecular flexibility index (Phi) is 6.56. The molecule has 33 heavy (non-hydrogen) atoms. The largest absolute Gasteiger partial charge is 0.481 e. The van der Waals surface area contributed by atoms with Crippen molar-refractivity contribution < 1.29 is 24.3 Å². The molecule has 2 atom stereocenters. The molecule has 13 heteroatoms. The Balaban J connectivity index is 1.54. The number of tetrazole rings is 1. The average molecular weight is 456 g/mol. The molecule has 2 aromatic heterocycles. The van der Waals surface area contributed by atoms with Gasteiger partial charge >= 0.3 is 5.97 Å². The van der Waals surface area contributed by atoms with Crippen molar-refractivity contribution in [2.45, 2.75) is 57.2 Å². The maximum Gasteiger partial charge on any atom is 0.303 e. The van der Waals surface area contributed by atoms with Crippen LogP contribution in [-0.4, -0.2) is 66.5 Å². The lowest BCUT2D eigenvalue weighted by atomic mass is 10.1. The highest BCUT2D eigenvalue weighted by atomic mass is 16.4. The molecule has 4 rings (SSSR count). The molecule has 2 aliphatic rings. The zero-order valence-electron chi connectivity index (χ0n) is 17.7. The normalized spacial score (nSPS) is 17.8. The van der Waals surface area contributed by atoms with Crippen LogP contribution in [0.25, 0.3) is 0 Å². The zero-order chi connectivity index (χ0) is 23.4. The molecule has 1 aliphatic heterocycles. The van der Waals surface area contributed by atoms with Gasteiger partial charge in [-0.25, -0.2) is 4.98 Å². The van der Waals surface area contributed by atoms with Gasteiger partial charge in [0, 0.05) is 25.5 Å². The van der Waals surface area contributed by atoms with Crippen LogP contribution in [0.5, 0.6) is 0 Å². The number of pyridine rings is 1. The fourth-order valence-electron chi connectivity index (χ4n) is 3.79. The number of nitrogens with one attached hydrogen (secondary N) is 3. The topological polar surface area (TPSA) is 183 Å². The lowest BCUT2D eigenvalue weighted by molar-refractivity contribution is -0.138. The zero-order valence-corrected chi connectivity index (χ0v) is 17.7. The van der Waals surface area contributed by atoms with Crippen molar-refractivity contribution in [1.29, 1.82) is 0 Å². The van der Waals surface area contributed by atoms with Gasteiger partial charge in [-0.05, 0) is 36.8 Å². The number of nitrogens with zero attached hydrogens (tertiary/aromatic N) is 5. The van der Waals surface area contributed by atoms with E-state index in [0.29, 0.717) is 23.7 Å². The number of H-pyrrole nitrogens is 1. The molecule has 2 aromatic rings. The number of carboxylic acid groups (broad SMARTS) is 1. The molecule has 13 nitrogen and oxygen atoms in total. The van der Waals surface area contributed by atoms with Crippen molar-refractivity contribution in [1.82, 2.24) is 36.2 Å². The van der Waals surface area contributed by atoms with Crippen LogP contribution in [-0.2, 0) is 32.1 Å². The van der Waals surface area contributed by atoms with E-state index in [9.17, 15) is 19.2 Å². The Morgan fingerprint density at radius 2 is 2.09 bits per heavy atom. The van der Waals surface area contributed by atoms with Gasteiger partial charge in [0.2, 0.25) is 11.8 Å². The minimum atomic E-state index is -1.09. The fraction of sp³-hybridized carbons (Fsp3) is 0.500. The van der Waals surface area contributed by atoms with Gasteiger partial charge in [-0.1, -0.05) is 11.3 Å². The molecule has 0 unspecified atom stereocenters. The molecular weight excluding hydrogens is 432 g/mol. The predicted molar refractivity (Wildman–Crippen MR) is 111 cm³/mol. The Morgan fingerprint density at radius 1 is 1.27 bits per heavy atom. The van der Waals surface area contributed by atoms with Crippen LogP contribution in [0, 0.1) is 5.92 Å². The maximum absolute atomic E-state index is 13.6. The Labute approximate surface area is 188 Å². The predicted octanol–water partition coefficient (Wildman–Crippen LogP) is -0.681. The van der Waals surface area contributed by atoms with Crippen LogP contribution >= 0.6 is 0 Å². The molecular formula is C20H24N8O5. The first kappa shape index (κ1) is 22.3. The maximum atomic E-state index is 13.6. The molecule has 1 fully saturated rings. The van der Waals surface area contributed by atoms with Gasteiger partial charge in [-0.15, -0.1) is 10.2 Å². The van der Waals surface area contributed by atoms with E-state index in [4.69, 9.17) is 5.11 Å². The Hall–Kier alpha value is -3.90. The van der Waals surface area contributed by atoms with Crippen molar-refractivity contribution in [3.63, 3.8) is 0 Å². The number of rotatable bonds is 10. The van der Waals surface area contributed by atoms with Gasteiger partial charge < -0.3 is 15.7 Å². The molecule has 3 amide bonds. The second kappa shape index (κ2) is 9.71. The first-order chi connectivity index (χ1) is 15.9. The molecule has 0 aromatic carbocycles. The van der Waals surface area contributed by atoms with Gasteiger partial charge in [0.1, 0.15) is 17.9 Å². The molecule has 3 heterocycles. The molecule has 0 saturated heterocycles. The van der Waals surface area contributed by atoms with E-state index in [1.54, 1.807) is 12.1 Å². The third-order valence-electron chi connectivity index (χ3n) is 5.62. The highest BCUT2D eigenvalue weighted by Gasteiger charge is 2.42. The molecule has 0 spiro atoms. The molecule has 4 N–H and O–H groups in total. The van der Waals surface area contributed by atoms with Crippen LogP contribution in [0.4, 0.5) is 5.82 Å². The standard InChI is InChI=1S/C20H24N8O5/c29-16(8-11-3-4-11)23-13(5-6-17(30)31)20(33)28-14(9-12-2-1-7-21-18(12)28)19(32)22-10-15-24-26-27-25-15/h1-2,7,11,13-14H,3-6,8-10H2,(H,22,32)(H,23,29)(H,30,31)(H,24,25,26,27)/t13-,14-/m0/s1. The van der Waals surface area contributed by atoms with Crippen molar-refractivity contribution in [2.24, 2.45) is 5.92 Å². The van der Waals surface area contributed by atoms with Crippen LogP contribution < -0.4 is 15.5 Å². The third kappa shape index (κ3) is 5.48. The Bertz CT molecular complexity index is 1040. The van der Waals surface area contributed by atoms with E-state index in [0.717, 1.165) is 12.8 Å². The second-order valence-corrected chi connectivity index (χ2v) is 8.16. The van der Waals surface area contributed by atoms with E-state index in [-0.39, 0.29) is 37.5 Å². The van der Waals surface area contributed by atoms with Gasteiger partial charge in [0.05, 0.1) is 6.54 Å². The number of aromatic amines is 1. The smallest absolute Gasteiger partial charge is 0.303 e. The fourth-order valence-corrected chi connectivity index (χ4v) is 3.79. The van der Waals surface area contributed by atoms with Crippen molar-refractivity contribution in [2.75, 3.05) is 4.90 Å². The number of fused-ring (bicyclic) bond motifs is 1. The quantitative estimate of drug-likeness (QED) is 0.360. The first-order valence-electron chi connectivity index (χ1n) is 10.7. The van der Waals surface area contributed by atoms with Crippen LogP contribution in [0.1, 0.15) is 43.5 Å². The van der Waals surface area contributed by atoms with E-state index < -0.39 is 29.9 Å². The summed E-state index contributed by atoms with van der Waals surface area (Å²) in [6, 6.07) is 1.47. The number of carbonyl (C=O) groups is 4. The minimum absolute atomic E-state index is 0.0121. The van der Waals surface area contributed by atoms with E-state index >= 15 is 0 Å². The van der Waals surface area contributed by atoms with Crippen LogP contribution in [0.2, 0.25) is 0 Å². The summed E-state index contributed by atoms with van der Waals surface area (Å²) in [5.41, 5.74) is 0.701. The second-order valence-electron chi connectivity index (χ2n) is 8.16. The van der Waals surface area contributed by atoms with Crippen LogP contribution in [0.3, 0.4) is 0 Å². The summed E-state index contributed by atoms with van der Waals surface area (Å²) in [4.78, 5) is 55.7. The number of aromatic nitrogens is 5. The minimum Gasteiger partial charge on any atom is -0.481 e. The number of hydrogen-bond donors (Lipinski definition) is 4. The molecule has 1 saturated carbocycles. The van der Waals surface area contributed by atoms with E-state index in [2.05, 4.69) is 36.2 Å². The molecule has 1 aliphatic carbocycles. The number of amides is 3. The van der Waals surface area contributed by atoms with E-state index in [1.165, 1.54) is 11.1 Å². The van der Waals surface area contributed by atoms with E-state index in [1.807, 2.05) is 0 Å². The Morgan fingerprint density at radius 3 is 2.79 bits per heavy atom. The first-order valence-corrected chi connectivity index (χ1v) is 10.7. The molecule has 0 radical (unpaired) electrons. The number of aliphatic carboxylic acids is 1. The van der Waals surface area contributed by atoms with Gasteiger partial charge in [-0.3, -0.25) is 24.1 Å². The lowest BCUT2D eigenvalue weighted by Gasteiger charge is -2.28. The third-order valence-corrected chi connectivity index (χ3v) is 5.62. The highest BCUT2D eigenvalue weighted by molar-refractivity contribution is 6.06. The average Bonchev–Trinajstić information content (AvgIpc) is 3.30. The van der Waals surface area contributed by atoms with Gasteiger partial charge in [0.15, 0.2) is 5.82 Å². The summed E-state index contributed by atoms with van der Waals surface area (Å²) in [5.74, 6) is -1.51. The van der Waals surface area contributed by atoms with Gasteiger partial charge in [-0.2, -0.15) is 5.21 Å². The summed E-state index contributed by atoms with van der Waals surface area (Å²) in [5, 5.41) is 27.8. The van der Waals surface area contributed by atoms with Crippen LogP contribution in [0.15, 0.2) is 18.3 Å². The monoisotopic (exact) mass is 456 g/mol. The summed E-state index contributed by atoms with van der Waals surface area (Å²) in [6.07, 6.45) is 3.56. The lowest BCUT2D eigenvalue weighted by Crippen LogP contribution is -2.55. The number of anilines is 1. The summed E-state index contributed by atoms with van der Waals surface area (Å²) < 4.78 is 0. The summed E-state index contributed by atoms with van der Waals surface area (Å²) in [7, 11) is 0. The SMILES string of the molecule is O=C(O)CC[C@H](NC(=O)CC1CC1)C(=O)N1c2ncccc2C[C@H]1C(=O)NCc1nn[nH]n1. The highest BCUT2D eigenvalue weighted by Crippen LogP contribution is 2.33. The number of carboxylic acids is 1. The summed E-state index contributed by atoms with van der Waals surface area (Å²) >= 11 is 0. The van der Waals surface area contributed by atoms with Gasteiger partial charge in [0.25, 0.3) is 5.91 Å². The molecule has 0 bridgehead atoms. The number of hydrogen-bond acceptors (Lipinski definition) is 8.